The largest absolute Gasteiger partial charge is 0.376 e. The third-order valence-corrected chi connectivity index (χ3v) is 7.44. The lowest BCUT2D eigenvalue weighted by Gasteiger charge is -2.32. The van der Waals surface area contributed by atoms with Gasteiger partial charge in [0.1, 0.15) is 0 Å². The van der Waals surface area contributed by atoms with Gasteiger partial charge in [-0.25, -0.2) is 21.6 Å². The van der Waals surface area contributed by atoms with Crippen LogP contribution in [0.3, 0.4) is 0 Å². The molecule has 3 rings (SSSR count). The molecule has 1 aliphatic heterocycles. The minimum absolute atomic E-state index is 0.113. The van der Waals surface area contributed by atoms with E-state index in [0.717, 1.165) is 24.7 Å². The first kappa shape index (κ1) is 26.6. The molecule has 1 heterocycles. The summed E-state index contributed by atoms with van der Waals surface area (Å²) in [5.41, 5.74) is 1.66. The molecule has 0 spiro atoms. The van der Waals surface area contributed by atoms with Crippen LogP contribution in [-0.2, 0) is 36.2 Å². The van der Waals surface area contributed by atoms with E-state index >= 15 is 0 Å². The Morgan fingerprint density at radius 1 is 1.17 bits per heavy atom. The summed E-state index contributed by atoms with van der Waals surface area (Å²) in [5, 5.41) is 8.86. The fourth-order valence-corrected chi connectivity index (χ4v) is 5.31. The maximum Gasteiger partial charge on any atom is 0.241 e. The predicted molar refractivity (Wildman–Crippen MR) is 130 cm³/mol. The number of piperidine rings is 1. The highest BCUT2D eigenvalue weighted by molar-refractivity contribution is 7.92. The van der Waals surface area contributed by atoms with Crippen molar-refractivity contribution in [3.63, 3.8) is 0 Å². The molecule has 1 fully saturated rings. The standard InChI is InChI=1S/C23H28N4O6S2/c1-34(29,30)26-21-5-2-6-22(12-21)35(31,32)25-14-23(28)27-11-3-4-20(15-27)17-33-16-19-9-7-18(13-24)8-10-19/h2,5-10,12,20,25-26H,3-4,11,14-17H2,1H3. The van der Waals surface area contributed by atoms with E-state index < -0.39 is 26.6 Å². The summed E-state index contributed by atoms with van der Waals surface area (Å²) in [5.74, 6) is -0.197. The summed E-state index contributed by atoms with van der Waals surface area (Å²) in [6.45, 7) is 1.49. The molecule has 0 aromatic heterocycles. The summed E-state index contributed by atoms with van der Waals surface area (Å²) < 4.78 is 58.4. The van der Waals surface area contributed by atoms with Crippen molar-refractivity contribution in [1.29, 1.82) is 5.26 Å². The summed E-state index contributed by atoms with van der Waals surface area (Å²) in [4.78, 5) is 14.2. The number of benzene rings is 2. The molecule has 0 saturated carbocycles. The second kappa shape index (κ2) is 11.6. The van der Waals surface area contributed by atoms with E-state index in [2.05, 4.69) is 15.5 Å². The van der Waals surface area contributed by atoms with Crippen LogP contribution in [0.2, 0.25) is 0 Å². The number of rotatable bonds is 10. The number of anilines is 1. The Morgan fingerprint density at radius 3 is 2.60 bits per heavy atom. The van der Waals surface area contributed by atoms with E-state index in [1.807, 2.05) is 12.1 Å². The molecule has 0 aliphatic carbocycles. The molecular weight excluding hydrogens is 492 g/mol. The van der Waals surface area contributed by atoms with Gasteiger partial charge in [-0.15, -0.1) is 0 Å². The number of hydrogen-bond acceptors (Lipinski definition) is 7. The van der Waals surface area contributed by atoms with Gasteiger partial charge in [-0.1, -0.05) is 18.2 Å². The Bertz CT molecular complexity index is 1290. The highest BCUT2D eigenvalue weighted by atomic mass is 32.2. The molecule has 1 amide bonds. The Hall–Kier alpha value is -2.98. The lowest BCUT2D eigenvalue weighted by atomic mass is 9.99. The van der Waals surface area contributed by atoms with Crippen LogP contribution >= 0.6 is 0 Å². The molecule has 0 radical (unpaired) electrons. The number of amides is 1. The quantitative estimate of drug-likeness (QED) is 0.484. The van der Waals surface area contributed by atoms with Crippen molar-refractivity contribution in [3.8, 4) is 6.07 Å². The molecule has 2 aromatic rings. The van der Waals surface area contributed by atoms with Gasteiger partial charge in [0.25, 0.3) is 0 Å². The number of sulfonamides is 2. The molecule has 2 aromatic carbocycles. The SMILES string of the molecule is CS(=O)(=O)Nc1cccc(S(=O)(=O)NCC(=O)N2CCCC(COCc3ccc(C#N)cc3)C2)c1. The summed E-state index contributed by atoms with van der Waals surface area (Å²) in [6, 6.07) is 14.6. The molecule has 35 heavy (non-hydrogen) atoms. The molecule has 188 valence electrons. The summed E-state index contributed by atoms with van der Waals surface area (Å²) >= 11 is 0. The Morgan fingerprint density at radius 2 is 1.91 bits per heavy atom. The van der Waals surface area contributed by atoms with E-state index in [9.17, 15) is 21.6 Å². The minimum atomic E-state index is -4.01. The van der Waals surface area contributed by atoms with Gasteiger partial charge in [0.2, 0.25) is 26.0 Å². The summed E-state index contributed by atoms with van der Waals surface area (Å²) in [6.07, 6.45) is 2.67. The summed E-state index contributed by atoms with van der Waals surface area (Å²) in [7, 11) is -7.57. The van der Waals surface area contributed by atoms with Gasteiger partial charge < -0.3 is 9.64 Å². The Labute approximate surface area is 206 Å². The number of nitriles is 1. The van der Waals surface area contributed by atoms with Crippen LogP contribution < -0.4 is 9.44 Å². The number of hydrogen-bond donors (Lipinski definition) is 2. The van der Waals surface area contributed by atoms with Crippen LogP contribution in [0, 0.1) is 17.2 Å². The molecule has 2 N–H and O–H groups in total. The van der Waals surface area contributed by atoms with Crippen LogP contribution in [0.5, 0.6) is 0 Å². The van der Waals surface area contributed by atoms with E-state index in [1.54, 1.807) is 17.0 Å². The first-order valence-electron chi connectivity index (χ1n) is 11.0. The van der Waals surface area contributed by atoms with E-state index in [4.69, 9.17) is 10.00 Å². The minimum Gasteiger partial charge on any atom is -0.376 e. The number of ether oxygens (including phenoxy) is 1. The van der Waals surface area contributed by atoms with Gasteiger partial charge in [0.05, 0.1) is 42.5 Å². The van der Waals surface area contributed by atoms with Crippen LogP contribution in [0.15, 0.2) is 53.4 Å². The first-order valence-corrected chi connectivity index (χ1v) is 14.4. The van der Waals surface area contributed by atoms with E-state index in [-0.39, 0.29) is 22.4 Å². The zero-order chi connectivity index (χ0) is 25.5. The monoisotopic (exact) mass is 520 g/mol. The lowest BCUT2D eigenvalue weighted by molar-refractivity contribution is -0.132. The number of carbonyl (C=O) groups is 1. The zero-order valence-corrected chi connectivity index (χ0v) is 20.9. The Kier molecular flexibility index (Phi) is 8.85. The van der Waals surface area contributed by atoms with Gasteiger partial charge in [0.15, 0.2) is 0 Å². The highest BCUT2D eigenvalue weighted by Crippen LogP contribution is 2.19. The van der Waals surface area contributed by atoms with Crippen LogP contribution in [0.1, 0.15) is 24.0 Å². The number of nitrogens with one attached hydrogen (secondary N) is 2. The third-order valence-electron chi connectivity index (χ3n) is 5.44. The average Bonchev–Trinajstić information content (AvgIpc) is 2.82. The van der Waals surface area contributed by atoms with Gasteiger partial charge in [-0.2, -0.15) is 5.26 Å². The molecule has 1 saturated heterocycles. The predicted octanol–water partition coefficient (Wildman–Crippen LogP) is 1.66. The smallest absolute Gasteiger partial charge is 0.241 e. The number of carbonyl (C=O) groups excluding carboxylic acids is 1. The molecule has 1 unspecified atom stereocenters. The van der Waals surface area contributed by atoms with Crippen molar-refractivity contribution < 1.29 is 26.4 Å². The second-order valence-corrected chi connectivity index (χ2v) is 11.9. The molecule has 1 aliphatic rings. The van der Waals surface area contributed by atoms with Crippen LogP contribution in [0.25, 0.3) is 0 Å². The van der Waals surface area contributed by atoms with Gasteiger partial charge >= 0.3 is 0 Å². The van der Waals surface area contributed by atoms with Crippen LogP contribution in [0.4, 0.5) is 5.69 Å². The molecular formula is C23H28N4O6S2. The van der Waals surface area contributed by atoms with Crippen molar-refractivity contribution in [2.45, 2.75) is 24.3 Å². The van der Waals surface area contributed by atoms with E-state index in [0.29, 0.717) is 31.9 Å². The average molecular weight is 521 g/mol. The third kappa shape index (κ3) is 8.32. The van der Waals surface area contributed by atoms with Crippen molar-refractivity contribution in [1.82, 2.24) is 9.62 Å². The fourth-order valence-electron chi connectivity index (χ4n) is 3.74. The van der Waals surface area contributed by atoms with Gasteiger partial charge in [-0.3, -0.25) is 9.52 Å². The van der Waals surface area contributed by atoms with Crippen molar-refractivity contribution in [3.05, 3.63) is 59.7 Å². The zero-order valence-electron chi connectivity index (χ0n) is 19.3. The molecule has 0 bridgehead atoms. The molecule has 12 heteroatoms. The van der Waals surface area contributed by atoms with Crippen molar-refractivity contribution in [2.75, 3.05) is 37.2 Å². The first-order chi connectivity index (χ1) is 16.6. The van der Waals surface area contributed by atoms with Crippen LogP contribution in [-0.4, -0.2) is 60.1 Å². The maximum atomic E-state index is 12.7. The van der Waals surface area contributed by atoms with Crippen molar-refractivity contribution in [2.24, 2.45) is 5.92 Å². The van der Waals surface area contributed by atoms with Crippen molar-refractivity contribution >= 4 is 31.6 Å². The topological polar surface area (TPSA) is 146 Å². The van der Waals surface area contributed by atoms with Gasteiger partial charge in [-0.05, 0) is 54.7 Å². The Balaban J connectivity index is 1.49. The second-order valence-electron chi connectivity index (χ2n) is 8.40. The normalized spacial score (nSPS) is 16.5. The lowest BCUT2D eigenvalue weighted by Crippen LogP contribution is -2.45. The molecule has 1 atom stereocenters. The maximum absolute atomic E-state index is 12.7. The number of likely N-dealkylation sites (tertiary alicyclic amines) is 1. The highest BCUT2D eigenvalue weighted by Gasteiger charge is 2.25. The number of nitrogens with zero attached hydrogens (tertiary/aromatic N) is 2. The van der Waals surface area contributed by atoms with Gasteiger partial charge in [0, 0.05) is 18.8 Å². The fraction of sp³-hybridized carbons (Fsp3) is 0.391. The van der Waals surface area contributed by atoms with E-state index in [1.165, 1.54) is 24.3 Å². The molecule has 10 nitrogen and oxygen atoms in total.